The number of nitrogens with zero attached hydrogens (tertiary/aromatic N) is 3. The van der Waals surface area contributed by atoms with Crippen LogP contribution in [-0.4, -0.2) is 34.1 Å². The molecule has 1 atom stereocenters. The van der Waals surface area contributed by atoms with E-state index < -0.39 is 0 Å². The molecule has 2 aliphatic rings. The van der Waals surface area contributed by atoms with Crippen molar-refractivity contribution >= 4 is 0 Å². The van der Waals surface area contributed by atoms with Gasteiger partial charge in [-0.05, 0) is 51.5 Å². The van der Waals surface area contributed by atoms with Gasteiger partial charge in [-0.1, -0.05) is 13.3 Å². The van der Waals surface area contributed by atoms with Crippen LogP contribution in [0.1, 0.15) is 69.6 Å². The van der Waals surface area contributed by atoms with Crippen molar-refractivity contribution in [2.75, 3.05) is 13.6 Å². The van der Waals surface area contributed by atoms with E-state index in [9.17, 15) is 0 Å². The largest absolute Gasteiger partial charge is 0.330 e. The SMILES string of the molecule is CCC1CCC(N(C)C(CN)c2cncn2C2CC2)CC1. The maximum absolute atomic E-state index is 6.13. The highest BCUT2D eigenvalue weighted by Crippen LogP contribution is 2.38. The maximum Gasteiger partial charge on any atom is 0.0951 e. The summed E-state index contributed by atoms with van der Waals surface area (Å²) < 4.78 is 2.37. The Hall–Kier alpha value is -0.870. The number of aromatic nitrogens is 2. The van der Waals surface area contributed by atoms with Gasteiger partial charge in [0.1, 0.15) is 0 Å². The number of likely N-dealkylation sites (N-methyl/N-ethyl adjacent to an activating group) is 1. The fourth-order valence-electron chi connectivity index (χ4n) is 3.94. The van der Waals surface area contributed by atoms with Gasteiger partial charge in [-0.3, -0.25) is 4.90 Å². The Morgan fingerprint density at radius 2 is 2.00 bits per heavy atom. The van der Waals surface area contributed by atoms with Crippen molar-refractivity contribution in [2.24, 2.45) is 11.7 Å². The Kier molecular flexibility index (Phi) is 4.65. The quantitative estimate of drug-likeness (QED) is 0.875. The topological polar surface area (TPSA) is 47.1 Å². The zero-order valence-corrected chi connectivity index (χ0v) is 13.5. The third kappa shape index (κ3) is 3.16. The normalized spacial score (nSPS) is 28.0. The second-order valence-corrected chi connectivity index (χ2v) is 6.96. The first-order valence-corrected chi connectivity index (χ1v) is 8.68. The van der Waals surface area contributed by atoms with Crippen LogP contribution in [0.5, 0.6) is 0 Å². The molecule has 0 bridgehead atoms. The molecule has 1 unspecified atom stereocenters. The van der Waals surface area contributed by atoms with Crippen LogP contribution in [0.15, 0.2) is 12.5 Å². The third-order valence-electron chi connectivity index (χ3n) is 5.66. The van der Waals surface area contributed by atoms with E-state index in [-0.39, 0.29) is 0 Å². The molecule has 4 nitrogen and oxygen atoms in total. The molecule has 0 spiro atoms. The predicted octanol–water partition coefficient (Wildman–Crippen LogP) is 3.12. The van der Waals surface area contributed by atoms with Crippen LogP contribution in [0, 0.1) is 5.92 Å². The Morgan fingerprint density at radius 3 is 2.57 bits per heavy atom. The number of hydrogen-bond acceptors (Lipinski definition) is 3. The van der Waals surface area contributed by atoms with E-state index in [1.54, 1.807) is 0 Å². The summed E-state index contributed by atoms with van der Waals surface area (Å²) in [6.45, 7) is 3.01. The lowest BCUT2D eigenvalue weighted by Crippen LogP contribution is -2.41. The van der Waals surface area contributed by atoms with E-state index in [0.29, 0.717) is 24.7 Å². The molecule has 0 radical (unpaired) electrons. The summed E-state index contributed by atoms with van der Waals surface area (Å²) in [6, 6.07) is 1.68. The average Bonchev–Trinajstić information content (AvgIpc) is 3.27. The van der Waals surface area contributed by atoms with Crippen molar-refractivity contribution in [2.45, 2.75) is 70.0 Å². The first kappa shape index (κ1) is 15.0. The van der Waals surface area contributed by atoms with Crippen LogP contribution in [0.3, 0.4) is 0 Å². The number of imidazole rings is 1. The Bertz CT molecular complexity index is 443. The van der Waals surface area contributed by atoms with Crippen molar-refractivity contribution in [3.05, 3.63) is 18.2 Å². The summed E-state index contributed by atoms with van der Waals surface area (Å²) in [4.78, 5) is 6.92. The minimum Gasteiger partial charge on any atom is -0.330 e. The van der Waals surface area contributed by atoms with Gasteiger partial charge in [-0.15, -0.1) is 0 Å². The van der Waals surface area contributed by atoms with Gasteiger partial charge in [-0.2, -0.15) is 0 Å². The lowest BCUT2D eigenvalue weighted by molar-refractivity contribution is 0.118. The zero-order chi connectivity index (χ0) is 14.8. The number of rotatable bonds is 6. The van der Waals surface area contributed by atoms with Gasteiger partial charge in [0.2, 0.25) is 0 Å². The van der Waals surface area contributed by atoms with E-state index in [1.165, 1.54) is 50.6 Å². The van der Waals surface area contributed by atoms with Crippen molar-refractivity contribution in [1.82, 2.24) is 14.5 Å². The fraction of sp³-hybridized carbons (Fsp3) is 0.824. The molecule has 0 saturated heterocycles. The van der Waals surface area contributed by atoms with E-state index in [4.69, 9.17) is 5.73 Å². The smallest absolute Gasteiger partial charge is 0.0951 e. The van der Waals surface area contributed by atoms with E-state index in [2.05, 4.69) is 28.4 Å². The van der Waals surface area contributed by atoms with Gasteiger partial charge < -0.3 is 10.3 Å². The van der Waals surface area contributed by atoms with Gasteiger partial charge in [-0.25, -0.2) is 4.98 Å². The molecule has 118 valence electrons. The summed E-state index contributed by atoms with van der Waals surface area (Å²) in [5.74, 6) is 0.947. The van der Waals surface area contributed by atoms with Crippen LogP contribution in [0.4, 0.5) is 0 Å². The monoisotopic (exact) mass is 290 g/mol. The second-order valence-electron chi connectivity index (χ2n) is 6.96. The highest BCUT2D eigenvalue weighted by molar-refractivity contribution is 5.10. The minimum absolute atomic E-state index is 0.316. The number of nitrogens with two attached hydrogens (primary N) is 1. The maximum atomic E-state index is 6.13. The molecule has 1 aromatic heterocycles. The predicted molar refractivity (Wildman–Crippen MR) is 86.1 cm³/mol. The second kappa shape index (κ2) is 6.49. The summed E-state index contributed by atoms with van der Waals surface area (Å²) in [6.07, 6.45) is 13.4. The van der Waals surface area contributed by atoms with Crippen LogP contribution in [0.25, 0.3) is 0 Å². The van der Waals surface area contributed by atoms with Gasteiger partial charge in [0.15, 0.2) is 0 Å². The van der Waals surface area contributed by atoms with Crippen molar-refractivity contribution in [3.63, 3.8) is 0 Å². The van der Waals surface area contributed by atoms with Crippen molar-refractivity contribution in [3.8, 4) is 0 Å². The molecule has 2 aliphatic carbocycles. The molecule has 3 rings (SSSR count). The Morgan fingerprint density at radius 1 is 1.29 bits per heavy atom. The minimum atomic E-state index is 0.316. The molecule has 21 heavy (non-hydrogen) atoms. The third-order valence-corrected chi connectivity index (χ3v) is 5.66. The standard InChI is InChI=1S/C17H30N4/c1-3-13-4-6-14(7-5-13)20(2)16(10-18)17-11-19-12-21(17)15-8-9-15/h11-16H,3-10,18H2,1-2H3. The lowest BCUT2D eigenvalue weighted by atomic mass is 9.83. The van der Waals surface area contributed by atoms with E-state index >= 15 is 0 Å². The molecule has 2 fully saturated rings. The van der Waals surface area contributed by atoms with Crippen LogP contribution in [-0.2, 0) is 0 Å². The first-order valence-electron chi connectivity index (χ1n) is 8.68. The summed E-state index contributed by atoms with van der Waals surface area (Å²) in [5, 5.41) is 0. The zero-order valence-electron chi connectivity index (χ0n) is 13.5. The first-order chi connectivity index (χ1) is 10.2. The van der Waals surface area contributed by atoms with Crippen LogP contribution >= 0.6 is 0 Å². The summed E-state index contributed by atoms with van der Waals surface area (Å²) in [7, 11) is 2.26. The Balaban J connectivity index is 1.69. The Labute approximate surface area is 128 Å². The molecule has 2 N–H and O–H groups in total. The highest BCUT2D eigenvalue weighted by atomic mass is 15.2. The molecule has 2 saturated carbocycles. The molecule has 0 amide bonds. The molecular weight excluding hydrogens is 260 g/mol. The van der Waals surface area contributed by atoms with Gasteiger partial charge >= 0.3 is 0 Å². The molecule has 0 aromatic carbocycles. The summed E-state index contributed by atoms with van der Waals surface area (Å²) >= 11 is 0. The number of hydrogen-bond donors (Lipinski definition) is 1. The van der Waals surface area contributed by atoms with Gasteiger partial charge in [0.05, 0.1) is 18.1 Å². The van der Waals surface area contributed by atoms with Gasteiger partial charge in [0.25, 0.3) is 0 Å². The molecule has 1 aromatic rings. The van der Waals surface area contributed by atoms with Crippen molar-refractivity contribution in [1.29, 1.82) is 0 Å². The van der Waals surface area contributed by atoms with Gasteiger partial charge in [0, 0.05) is 24.8 Å². The van der Waals surface area contributed by atoms with Crippen LogP contribution < -0.4 is 5.73 Å². The fourth-order valence-corrected chi connectivity index (χ4v) is 3.94. The lowest BCUT2D eigenvalue weighted by Gasteiger charge is -2.39. The van der Waals surface area contributed by atoms with E-state index in [1.807, 2.05) is 12.5 Å². The highest BCUT2D eigenvalue weighted by Gasteiger charge is 2.32. The van der Waals surface area contributed by atoms with Crippen LogP contribution in [0.2, 0.25) is 0 Å². The molecule has 0 aliphatic heterocycles. The summed E-state index contributed by atoms with van der Waals surface area (Å²) in [5.41, 5.74) is 7.45. The molecule has 4 heteroatoms. The van der Waals surface area contributed by atoms with Crippen molar-refractivity contribution < 1.29 is 0 Å². The molecular formula is C17H30N4. The average molecular weight is 290 g/mol. The molecule has 1 heterocycles. The van der Waals surface area contributed by atoms with E-state index in [0.717, 1.165) is 5.92 Å².